The minimum atomic E-state index is -0.148. The maximum Gasteiger partial charge on any atom is 0.269 e. The Hall–Kier alpha value is -2.20. The second-order valence-electron chi connectivity index (χ2n) is 5.14. The molecule has 1 fully saturated rings. The van der Waals surface area contributed by atoms with Crippen LogP contribution in [-0.4, -0.2) is 30.1 Å². The van der Waals surface area contributed by atoms with Crippen molar-refractivity contribution in [2.75, 3.05) is 13.2 Å². The van der Waals surface area contributed by atoms with Crippen LogP contribution in [0.25, 0.3) is 11.1 Å². The van der Waals surface area contributed by atoms with E-state index >= 15 is 0 Å². The average Bonchev–Trinajstić information content (AvgIpc) is 3.07. The average molecular weight is 282 g/mol. The molecule has 2 aromatic rings. The molecule has 0 spiro atoms. The first kappa shape index (κ1) is 13.8. The van der Waals surface area contributed by atoms with Crippen LogP contribution in [-0.2, 0) is 4.74 Å². The number of nitrogens with one attached hydrogen (secondary N) is 1. The number of nitrogens with zero attached hydrogens (tertiary/aromatic N) is 1. The Bertz CT molecular complexity index is 590. The Balaban J connectivity index is 1.62. The summed E-state index contributed by atoms with van der Waals surface area (Å²) in [4.78, 5) is 16.3. The topological polar surface area (TPSA) is 51.2 Å². The van der Waals surface area contributed by atoms with Crippen molar-refractivity contribution >= 4 is 5.91 Å². The fourth-order valence-electron chi connectivity index (χ4n) is 2.43. The third-order valence-corrected chi connectivity index (χ3v) is 3.62. The zero-order chi connectivity index (χ0) is 14.5. The van der Waals surface area contributed by atoms with Gasteiger partial charge in [-0.05, 0) is 24.5 Å². The Morgan fingerprint density at radius 3 is 2.71 bits per heavy atom. The molecule has 21 heavy (non-hydrogen) atoms. The number of amides is 1. The van der Waals surface area contributed by atoms with E-state index in [0.717, 1.165) is 30.6 Å². The first-order chi connectivity index (χ1) is 10.3. The van der Waals surface area contributed by atoms with Crippen molar-refractivity contribution in [3.8, 4) is 11.1 Å². The van der Waals surface area contributed by atoms with Crippen LogP contribution in [0.5, 0.6) is 0 Å². The van der Waals surface area contributed by atoms with E-state index in [0.29, 0.717) is 12.2 Å². The molecule has 1 amide bonds. The van der Waals surface area contributed by atoms with E-state index in [1.165, 1.54) is 0 Å². The molecule has 1 N–H and O–H groups in total. The molecular weight excluding hydrogens is 264 g/mol. The molecule has 4 nitrogen and oxygen atoms in total. The van der Waals surface area contributed by atoms with Crippen molar-refractivity contribution < 1.29 is 9.53 Å². The number of pyridine rings is 1. The lowest BCUT2D eigenvalue weighted by Crippen LogP contribution is -2.32. The summed E-state index contributed by atoms with van der Waals surface area (Å²) < 4.78 is 5.48. The molecule has 1 aromatic carbocycles. The Labute approximate surface area is 124 Å². The Morgan fingerprint density at radius 2 is 2.05 bits per heavy atom. The van der Waals surface area contributed by atoms with E-state index in [-0.39, 0.29) is 12.0 Å². The molecule has 4 heteroatoms. The van der Waals surface area contributed by atoms with Gasteiger partial charge in [0.05, 0.1) is 6.10 Å². The number of ether oxygens (including phenoxy) is 1. The number of hydrogen-bond acceptors (Lipinski definition) is 3. The van der Waals surface area contributed by atoms with Crippen LogP contribution in [0, 0.1) is 0 Å². The zero-order valence-electron chi connectivity index (χ0n) is 11.8. The molecule has 1 aliphatic heterocycles. The monoisotopic (exact) mass is 282 g/mol. The lowest BCUT2D eigenvalue weighted by molar-refractivity contribution is 0.0854. The summed E-state index contributed by atoms with van der Waals surface area (Å²) >= 11 is 0. The van der Waals surface area contributed by atoms with Crippen molar-refractivity contribution in [2.24, 2.45) is 0 Å². The van der Waals surface area contributed by atoms with Crippen LogP contribution in [0.15, 0.2) is 48.7 Å². The molecule has 0 bridgehead atoms. The summed E-state index contributed by atoms with van der Waals surface area (Å²) in [7, 11) is 0. The van der Waals surface area contributed by atoms with Gasteiger partial charge in [-0.3, -0.25) is 9.78 Å². The van der Waals surface area contributed by atoms with Gasteiger partial charge in [0.25, 0.3) is 5.91 Å². The van der Waals surface area contributed by atoms with Crippen molar-refractivity contribution in [2.45, 2.75) is 18.9 Å². The van der Waals surface area contributed by atoms with Crippen LogP contribution < -0.4 is 5.32 Å². The molecule has 108 valence electrons. The summed E-state index contributed by atoms with van der Waals surface area (Å²) in [6.45, 7) is 1.35. The lowest BCUT2D eigenvalue weighted by Gasteiger charge is -2.10. The molecule has 1 saturated heterocycles. The standard InChI is InChI=1S/C17H18N2O2/c20-17(19-12-15-7-4-10-21-15)16-9-8-14(11-18-16)13-5-2-1-3-6-13/h1-3,5-6,8-9,11,15H,4,7,10,12H2,(H,19,20). The molecule has 1 unspecified atom stereocenters. The second kappa shape index (κ2) is 6.50. The minimum absolute atomic E-state index is 0.148. The molecule has 3 rings (SSSR count). The van der Waals surface area contributed by atoms with Crippen LogP contribution in [0.4, 0.5) is 0 Å². The summed E-state index contributed by atoms with van der Waals surface area (Å²) in [5.41, 5.74) is 2.54. The van der Waals surface area contributed by atoms with Crippen LogP contribution in [0.3, 0.4) is 0 Å². The number of carbonyl (C=O) groups is 1. The molecule has 1 aromatic heterocycles. The molecule has 0 radical (unpaired) electrons. The predicted octanol–water partition coefficient (Wildman–Crippen LogP) is 2.66. The third kappa shape index (κ3) is 3.47. The van der Waals surface area contributed by atoms with Gasteiger partial charge in [0.15, 0.2) is 0 Å². The Morgan fingerprint density at radius 1 is 1.19 bits per heavy atom. The lowest BCUT2D eigenvalue weighted by atomic mass is 10.1. The van der Waals surface area contributed by atoms with Crippen molar-refractivity contribution in [1.82, 2.24) is 10.3 Å². The molecule has 0 aliphatic carbocycles. The Kier molecular flexibility index (Phi) is 4.26. The summed E-state index contributed by atoms with van der Waals surface area (Å²) in [5, 5.41) is 2.87. The van der Waals surface area contributed by atoms with E-state index in [1.807, 2.05) is 36.4 Å². The van der Waals surface area contributed by atoms with E-state index in [2.05, 4.69) is 10.3 Å². The van der Waals surface area contributed by atoms with Crippen molar-refractivity contribution in [3.63, 3.8) is 0 Å². The van der Waals surface area contributed by atoms with Gasteiger partial charge in [-0.2, -0.15) is 0 Å². The predicted molar refractivity (Wildman–Crippen MR) is 81.0 cm³/mol. The van der Waals surface area contributed by atoms with Crippen LogP contribution in [0.2, 0.25) is 0 Å². The fraction of sp³-hybridized carbons (Fsp3) is 0.294. The number of hydrogen-bond donors (Lipinski definition) is 1. The maximum absolute atomic E-state index is 12.0. The highest BCUT2D eigenvalue weighted by molar-refractivity contribution is 5.92. The van der Waals surface area contributed by atoms with Gasteiger partial charge in [0.1, 0.15) is 5.69 Å². The van der Waals surface area contributed by atoms with Crippen LogP contribution in [0.1, 0.15) is 23.3 Å². The number of aromatic nitrogens is 1. The molecule has 0 saturated carbocycles. The quantitative estimate of drug-likeness (QED) is 0.938. The van der Waals surface area contributed by atoms with Gasteiger partial charge >= 0.3 is 0 Å². The van der Waals surface area contributed by atoms with Crippen LogP contribution >= 0.6 is 0 Å². The van der Waals surface area contributed by atoms with Gasteiger partial charge in [0.2, 0.25) is 0 Å². The largest absolute Gasteiger partial charge is 0.376 e. The van der Waals surface area contributed by atoms with Gasteiger partial charge < -0.3 is 10.1 Å². The maximum atomic E-state index is 12.0. The second-order valence-corrected chi connectivity index (χ2v) is 5.14. The molecule has 1 aliphatic rings. The minimum Gasteiger partial charge on any atom is -0.376 e. The van der Waals surface area contributed by atoms with Gasteiger partial charge in [-0.15, -0.1) is 0 Å². The fourth-order valence-corrected chi connectivity index (χ4v) is 2.43. The first-order valence-corrected chi connectivity index (χ1v) is 7.24. The highest BCUT2D eigenvalue weighted by atomic mass is 16.5. The van der Waals surface area contributed by atoms with E-state index in [1.54, 1.807) is 12.3 Å². The zero-order valence-corrected chi connectivity index (χ0v) is 11.8. The normalized spacial score (nSPS) is 17.6. The molecule has 1 atom stereocenters. The van der Waals surface area contributed by atoms with Gasteiger partial charge in [-0.1, -0.05) is 36.4 Å². The van der Waals surface area contributed by atoms with Crippen molar-refractivity contribution in [1.29, 1.82) is 0 Å². The van der Waals surface area contributed by atoms with E-state index < -0.39 is 0 Å². The molecule has 2 heterocycles. The van der Waals surface area contributed by atoms with Crippen molar-refractivity contribution in [3.05, 3.63) is 54.4 Å². The summed E-state index contributed by atoms with van der Waals surface area (Å²) in [6.07, 6.45) is 3.97. The number of rotatable bonds is 4. The third-order valence-electron chi connectivity index (χ3n) is 3.62. The molecular formula is C17H18N2O2. The van der Waals surface area contributed by atoms with E-state index in [4.69, 9.17) is 4.74 Å². The summed E-state index contributed by atoms with van der Waals surface area (Å²) in [5.74, 6) is -0.148. The van der Waals surface area contributed by atoms with Gasteiger partial charge in [0, 0.05) is 24.9 Å². The SMILES string of the molecule is O=C(NCC1CCCO1)c1ccc(-c2ccccc2)cn1. The highest BCUT2D eigenvalue weighted by Gasteiger charge is 2.17. The van der Waals surface area contributed by atoms with Gasteiger partial charge in [-0.25, -0.2) is 0 Å². The highest BCUT2D eigenvalue weighted by Crippen LogP contribution is 2.17. The number of carbonyl (C=O) groups excluding carboxylic acids is 1. The summed E-state index contributed by atoms with van der Waals surface area (Å²) in [6, 6.07) is 13.7. The van der Waals surface area contributed by atoms with E-state index in [9.17, 15) is 4.79 Å². The first-order valence-electron chi connectivity index (χ1n) is 7.24. The smallest absolute Gasteiger partial charge is 0.269 e. The number of benzene rings is 1.